The number of guanidine groups is 1. The van der Waals surface area contributed by atoms with E-state index in [-0.39, 0.29) is 24.0 Å². The van der Waals surface area contributed by atoms with Gasteiger partial charge in [0.1, 0.15) is 12.4 Å². The van der Waals surface area contributed by atoms with Gasteiger partial charge in [-0.05, 0) is 31.2 Å². The van der Waals surface area contributed by atoms with Gasteiger partial charge in [0.2, 0.25) is 5.82 Å². The van der Waals surface area contributed by atoms with E-state index in [0.29, 0.717) is 24.0 Å². The van der Waals surface area contributed by atoms with Crippen molar-refractivity contribution in [3.63, 3.8) is 0 Å². The molecule has 0 aliphatic rings. The van der Waals surface area contributed by atoms with E-state index < -0.39 is 0 Å². The lowest BCUT2D eigenvalue weighted by Crippen LogP contribution is -2.38. The molecule has 0 saturated heterocycles. The minimum absolute atomic E-state index is 0. The van der Waals surface area contributed by atoms with Crippen molar-refractivity contribution in [2.45, 2.75) is 18.4 Å². The molecule has 0 unspecified atom stereocenters. The molecule has 7 nitrogen and oxygen atoms in total. The summed E-state index contributed by atoms with van der Waals surface area (Å²) in [6.45, 7) is 4.07. The first-order valence-corrected chi connectivity index (χ1v) is 9.49. The third kappa shape index (κ3) is 6.90. The quantitative estimate of drug-likeness (QED) is 0.145. The van der Waals surface area contributed by atoms with E-state index in [0.717, 1.165) is 24.8 Å². The Balaban J connectivity index is 0.00000261. The predicted octanol–water partition coefficient (Wildman–Crippen LogP) is 3.53. The monoisotopic (exact) mass is 498 g/mol. The molecule has 3 N–H and O–H groups in total. The van der Waals surface area contributed by atoms with Gasteiger partial charge >= 0.3 is 0 Å². The van der Waals surface area contributed by atoms with Crippen LogP contribution in [-0.2, 0) is 6.54 Å². The van der Waals surface area contributed by atoms with Crippen molar-refractivity contribution in [2.75, 3.05) is 18.8 Å². The molecular weight excluding hydrogens is 475 g/mol. The molecule has 1 aromatic carbocycles. The van der Waals surface area contributed by atoms with Crippen LogP contribution in [0.2, 0.25) is 0 Å². The third-order valence-electron chi connectivity index (χ3n) is 3.41. The van der Waals surface area contributed by atoms with Gasteiger partial charge in [0, 0.05) is 23.7 Å². The van der Waals surface area contributed by atoms with Crippen LogP contribution < -0.4 is 10.6 Å². The maximum atomic E-state index is 5.29. The second-order valence-corrected chi connectivity index (χ2v) is 6.53. The summed E-state index contributed by atoms with van der Waals surface area (Å²) in [6, 6.07) is 14.0. The van der Waals surface area contributed by atoms with Crippen LogP contribution in [0.1, 0.15) is 12.7 Å². The number of H-pyrrole nitrogens is 1. The third-order valence-corrected chi connectivity index (χ3v) is 4.42. The second-order valence-electron chi connectivity index (χ2n) is 5.37. The fourth-order valence-corrected chi connectivity index (χ4v) is 3.02. The molecule has 0 spiro atoms. The van der Waals surface area contributed by atoms with Crippen molar-refractivity contribution in [1.82, 2.24) is 25.8 Å². The molecule has 0 bridgehead atoms. The van der Waals surface area contributed by atoms with Crippen molar-refractivity contribution < 1.29 is 4.42 Å². The van der Waals surface area contributed by atoms with Crippen LogP contribution in [0.4, 0.5) is 0 Å². The first kappa shape index (κ1) is 21.3. The summed E-state index contributed by atoms with van der Waals surface area (Å²) in [5.41, 5.74) is 0. The Hall–Kier alpha value is -2.01. The van der Waals surface area contributed by atoms with Gasteiger partial charge in [-0.25, -0.2) is 9.98 Å². The largest absolute Gasteiger partial charge is 0.461 e. The summed E-state index contributed by atoms with van der Waals surface area (Å²) >= 11 is 1.81. The highest BCUT2D eigenvalue weighted by Crippen LogP contribution is 2.16. The Morgan fingerprint density at radius 2 is 2.04 bits per heavy atom. The number of aromatic nitrogens is 3. The molecule has 0 fully saturated rings. The Morgan fingerprint density at radius 1 is 1.19 bits per heavy atom. The number of hydrogen-bond donors (Lipinski definition) is 3. The Bertz CT molecular complexity index is 806. The van der Waals surface area contributed by atoms with Crippen LogP contribution in [0.15, 0.2) is 63.0 Å². The van der Waals surface area contributed by atoms with E-state index in [4.69, 9.17) is 4.42 Å². The number of benzene rings is 1. The second kappa shape index (κ2) is 11.7. The van der Waals surface area contributed by atoms with E-state index in [2.05, 4.69) is 55.1 Å². The highest BCUT2D eigenvalue weighted by molar-refractivity contribution is 14.0. The van der Waals surface area contributed by atoms with E-state index in [9.17, 15) is 0 Å². The molecule has 0 aliphatic carbocycles. The first-order valence-electron chi connectivity index (χ1n) is 8.50. The number of halogens is 1. The number of aliphatic imine (C=N–C) groups is 1. The summed E-state index contributed by atoms with van der Waals surface area (Å²) in [4.78, 5) is 10.2. The molecule has 0 atom stereocenters. The van der Waals surface area contributed by atoms with Crippen molar-refractivity contribution in [1.29, 1.82) is 0 Å². The molecule has 0 saturated carbocycles. The lowest BCUT2D eigenvalue weighted by Gasteiger charge is -2.10. The van der Waals surface area contributed by atoms with Gasteiger partial charge in [-0.15, -0.1) is 40.8 Å². The molecule has 144 valence electrons. The molecule has 0 amide bonds. The van der Waals surface area contributed by atoms with Crippen molar-refractivity contribution in [2.24, 2.45) is 4.99 Å². The number of aromatic amines is 1. The van der Waals surface area contributed by atoms with Crippen molar-refractivity contribution in [3.8, 4) is 11.6 Å². The van der Waals surface area contributed by atoms with Gasteiger partial charge in [0.15, 0.2) is 11.7 Å². The average molecular weight is 498 g/mol. The number of nitrogens with zero attached hydrogens (tertiary/aromatic N) is 3. The van der Waals surface area contributed by atoms with Crippen LogP contribution in [0.5, 0.6) is 0 Å². The van der Waals surface area contributed by atoms with Crippen LogP contribution in [0.25, 0.3) is 11.6 Å². The summed E-state index contributed by atoms with van der Waals surface area (Å²) in [7, 11) is 0. The average Bonchev–Trinajstić information content (AvgIpc) is 3.35. The Morgan fingerprint density at radius 3 is 2.78 bits per heavy atom. The zero-order valence-corrected chi connectivity index (χ0v) is 18.2. The molecule has 3 rings (SSSR count). The first-order chi connectivity index (χ1) is 12.8. The van der Waals surface area contributed by atoms with Crippen LogP contribution in [0.3, 0.4) is 0 Å². The summed E-state index contributed by atoms with van der Waals surface area (Å²) < 4.78 is 5.29. The minimum Gasteiger partial charge on any atom is -0.461 e. The zero-order chi connectivity index (χ0) is 18.0. The normalized spacial score (nSPS) is 11.1. The van der Waals surface area contributed by atoms with Crippen LogP contribution >= 0.6 is 35.7 Å². The molecule has 3 aromatic rings. The molecule has 27 heavy (non-hydrogen) atoms. The van der Waals surface area contributed by atoms with E-state index in [1.54, 1.807) is 6.26 Å². The van der Waals surface area contributed by atoms with Crippen LogP contribution in [0, 0.1) is 0 Å². The number of nitrogens with one attached hydrogen (secondary N) is 3. The van der Waals surface area contributed by atoms with Gasteiger partial charge in [-0.1, -0.05) is 18.2 Å². The number of thioether (sulfide) groups is 1. The highest BCUT2D eigenvalue weighted by atomic mass is 127. The van der Waals surface area contributed by atoms with E-state index >= 15 is 0 Å². The van der Waals surface area contributed by atoms with Gasteiger partial charge < -0.3 is 15.1 Å². The topological polar surface area (TPSA) is 91.1 Å². The maximum absolute atomic E-state index is 5.29. The molecule has 0 aliphatic heterocycles. The smallest absolute Gasteiger partial charge is 0.216 e. The fraction of sp³-hybridized carbons (Fsp3) is 0.278. The van der Waals surface area contributed by atoms with Crippen LogP contribution in [-0.4, -0.2) is 40.0 Å². The Labute approximate surface area is 179 Å². The number of rotatable bonds is 8. The minimum atomic E-state index is 0. The van der Waals surface area contributed by atoms with E-state index in [1.807, 2.05) is 36.9 Å². The summed E-state index contributed by atoms with van der Waals surface area (Å²) in [5, 5.41) is 13.6. The standard InChI is InChI=1S/C18H22N6OS.HI/c1-2-19-18(20-10-12-26-14-7-4-3-5-8-14)21-13-16-22-17(24-23-16)15-9-6-11-25-15;/h3-9,11H,2,10,12-13H2,1H3,(H2,19,20,21)(H,22,23,24);1H. The Kier molecular flexibility index (Phi) is 9.19. The lowest BCUT2D eigenvalue weighted by atomic mass is 10.4. The lowest BCUT2D eigenvalue weighted by molar-refractivity contribution is 0.577. The van der Waals surface area contributed by atoms with Gasteiger partial charge in [0.05, 0.1) is 6.26 Å². The molecule has 0 radical (unpaired) electrons. The van der Waals surface area contributed by atoms with Gasteiger partial charge in [-0.2, -0.15) is 0 Å². The molecule has 2 aromatic heterocycles. The molecule has 2 heterocycles. The van der Waals surface area contributed by atoms with E-state index in [1.165, 1.54) is 4.90 Å². The van der Waals surface area contributed by atoms with Gasteiger partial charge in [0.25, 0.3) is 0 Å². The fourth-order valence-electron chi connectivity index (χ4n) is 2.23. The molecule has 9 heteroatoms. The highest BCUT2D eigenvalue weighted by Gasteiger charge is 2.08. The maximum Gasteiger partial charge on any atom is 0.216 e. The number of hydrogen-bond acceptors (Lipinski definition) is 5. The molecular formula is C18H23IN6OS. The zero-order valence-electron chi connectivity index (χ0n) is 15.0. The summed E-state index contributed by atoms with van der Waals surface area (Å²) in [6.07, 6.45) is 1.60. The van der Waals surface area contributed by atoms with Gasteiger partial charge in [-0.3, -0.25) is 5.10 Å². The SMILES string of the molecule is CCNC(=NCc1nc(-c2ccco2)n[nH]1)NCCSc1ccccc1.I. The van der Waals surface area contributed by atoms with Crippen molar-refractivity contribution >= 4 is 41.7 Å². The predicted molar refractivity (Wildman–Crippen MR) is 119 cm³/mol. The number of furan rings is 1. The van der Waals surface area contributed by atoms with Crippen molar-refractivity contribution in [3.05, 3.63) is 54.6 Å². The summed E-state index contributed by atoms with van der Waals surface area (Å²) in [5.74, 6) is 3.58.